The maximum Gasteiger partial charge on any atom is 0.319 e. The molecule has 6 heteroatoms. The van der Waals surface area contributed by atoms with Crippen LogP contribution in [0.3, 0.4) is 0 Å². The number of aromatic amines is 1. The smallest absolute Gasteiger partial charge is 0.319 e. The third kappa shape index (κ3) is 3.58. The minimum Gasteiger partial charge on any atom is -0.394 e. The number of hydrogen-bond acceptors (Lipinski definition) is 3. The normalized spacial score (nSPS) is 11.2. The number of rotatable bonds is 4. The Morgan fingerprint density at radius 3 is 2.55 bits per heavy atom. The largest absolute Gasteiger partial charge is 0.394 e. The van der Waals surface area contributed by atoms with Crippen LogP contribution >= 0.6 is 0 Å². The first kappa shape index (κ1) is 14.1. The molecule has 0 spiro atoms. The van der Waals surface area contributed by atoms with Crippen LogP contribution in [0.15, 0.2) is 36.5 Å². The second kappa shape index (κ2) is 5.75. The standard InChI is InChI=1S/C14H18N4O2/c1-14(2,9-19)17-13(20)16-11-5-3-10(4-6-11)12-7-8-15-18-12/h3-8,19H,9H2,1-2H3,(H,15,18)(H2,16,17,20). The van der Waals surface area contributed by atoms with Crippen molar-refractivity contribution in [2.45, 2.75) is 19.4 Å². The van der Waals surface area contributed by atoms with E-state index in [1.54, 1.807) is 20.0 Å². The van der Waals surface area contributed by atoms with E-state index in [4.69, 9.17) is 5.11 Å². The number of amides is 2. The Balaban J connectivity index is 1.99. The summed E-state index contributed by atoms with van der Waals surface area (Å²) in [7, 11) is 0. The summed E-state index contributed by atoms with van der Waals surface area (Å²) in [4.78, 5) is 11.8. The number of urea groups is 1. The molecule has 1 heterocycles. The number of nitrogens with zero attached hydrogens (tertiary/aromatic N) is 1. The van der Waals surface area contributed by atoms with Crippen LogP contribution in [0.2, 0.25) is 0 Å². The van der Waals surface area contributed by atoms with E-state index < -0.39 is 5.54 Å². The van der Waals surface area contributed by atoms with Gasteiger partial charge in [-0.15, -0.1) is 0 Å². The van der Waals surface area contributed by atoms with Gasteiger partial charge < -0.3 is 15.7 Å². The van der Waals surface area contributed by atoms with Gasteiger partial charge in [0.25, 0.3) is 0 Å². The van der Waals surface area contributed by atoms with E-state index in [1.807, 2.05) is 30.3 Å². The number of hydrogen-bond donors (Lipinski definition) is 4. The molecule has 1 aromatic carbocycles. The van der Waals surface area contributed by atoms with Crippen LogP contribution in [0, 0.1) is 0 Å². The van der Waals surface area contributed by atoms with Crippen LogP contribution in [0.1, 0.15) is 13.8 Å². The summed E-state index contributed by atoms with van der Waals surface area (Å²) in [5, 5.41) is 21.3. The van der Waals surface area contributed by atoms with Crippen LogP contribution in [-0.4, -0.2) is 33.5 Å². The van der Waals surface area contributed by atoms with Crippen molar-refractivity contribution in [3.63, 3.8) is 0 Å². The van der Waals surface area contributed by atoms with Gasteiger partial charge in [0.05, 0.1) is 17.8 Å². The maximum atomic E-state index is 11.8. The van der Waals surface area contributed by atoms with E-state index >= 15 is 0 Å². The molecule has 2 aromatic rings. The van der Waals surface area contributed by atoms with Crippen molar-refractivity contribution in [1.29, 1.82) is 0 Å². The Morgan fingerprint density at radius 2 is 2.00 bits per heavy atom. The highest BCUT2D eigenvalue weighted by molar-refractivity contribution is 5.90. The number of nitrogens with one attached hydrogen (secondary N) is 3. The summed E-state index contributed by atoms with van der Waals surface area (Å²) in [6.07, 6.45) is 1.69. The lowest BCUT2D eigenvalue weighted by molar-refractivity contribution is 0.187. The molecular weight excluding hydrogens is 256 g/mol. The number of benzene rings is 1. The van der Waals surface area contributed by atoms with Gasteiger partial charge in [-0.05, 0) is 37.6 Å². The lowest BCUT2D eigenvalue weighted by Gasteiger charge is -2.23. The Bertz CT molecular complexity index is 561. The molecule has 4 N–H and O–H groups in total. The van der Waals surface area contributed by atoms with Gasteiger partial charge in [-0.2, -0.15) is 5.10 Å². The number of anilines is 1. The molecule has 0 aliphatic rings. The minimum atomic E-state index is -0.653. The van der Waals surface area contributed by atoms with Gasteiger partial charge in [0.1, 0.15) is 0 Å². The van der Waals surface area contributed by atoms with Gasteiger partial charge in [-0.1, -0.05) is 12.1 Å². The SMILES string of the molecule is CC(C)(CO)NC(=O)Nc1ccc(-c2ccn[nH]2)cc1. The zero-order valence-electron chi connectivity index (χ0n) is 11.5. The number of carbonyl (C=O) groups is 1. The van der Waals surface area contributed by atoms with Gasteiger partial charge >= 0.3 is 6.03 Å². The van der Waals surface area contributed by atoms with Crippen molar-refractivity contribution in [2.75, 3.05) is 11.9 Å². The topological polar surface area (TPSA) is 90.0 Å². The van der Waals surface area contributed by atoms with Crippen LogP contribution in [0.4, 0.5) is 10.5 Å². The van der Waals surface area contributed by atoms with Crippen molar-refractivity contribution < 1.29 is 9.90 Å². The quantitative estimate of drug-likeness (QED) is 0.687. The maximum absolute atomic E-state index is 11.8. The fourth-order valence-electron chi connectivity index (χ4n) is 1.66. The van der Waals surface area contributed by atoms with Crippen molar-refractivity contribution in [2.24, 2.45) is 0 Å². The molecule has 2 amide bonds. The van der Waals surface area contributed by atoms with E-state index in [9.17, 15) is 4.79 Å². The molecule has 0 saturated heterocycles. The van der Waals surface area contributed by atoms with Gasteiger partial charge in [0.2, 0.25) is 0 Å². The molecule has 6 nitrogen and oxygen atoms in total. The summed E-state index contributed by atoms with van der Waals surface area (Å²) >= 11 is 0. The molecule has 20 heavy (non-hydrogen) atoms. The molecule has 0 saturated carbocycles. The van der Waals surface area contributed by atoms with Gasteiger partial charge in [-0.3, -0.25) is 5.10 Å². The molecule has 1 aromatic heterocycles. The fourth-order valence-corrected chi connectivity index (χ4v) is 1.66. The molecule has 0 aliphatic heterocycles. The molecule has 0 bridgehead atoms. The van der Waals surface area contributed by atoms with E-state index in [-0.39, 0.29) is 12.6 Å². The van der Waals surface area contributed by atoms with Crippen molar-refractivity contribution >= 4 is 11.7 Å². The van der Waals surface area contributed by atoms with Crippen LogP contribution in [-0.2, 0) is 0 Å². The molecular formula is C14H18N4O2. The molecule has 0 fully saturated rings. The molecule has 106 valence electrons. The van der Waals surface area contributed by atoms with Crippen molar-refractivity contribution in [3.05, 3.63) is 36.5 Å². The Kier molecular flexibility index (Phi) is 4.05. The summed E-state index contributed by atoms with van der Waals surface area (Å²) in [6, 6.07) is 8.92. The highest BCUT2D eigenvalue weighted by Gasteiger charge is 2.18. The van der Waals surface area contributed by atoms with Crippen LogP contribution < -0.4 is 10.6 Å². The summed E-state index contributed by atoms with van der Waals surface area (Å²) in [5.74, 6) is 0. The average Bonchev–Trinajstić information content (AvgIpc) is 2.93. The molecule has 0 unspecified atom stereocenters. The number of aliphatic hydroxyl groups is 1. The first-order valence-corrected chi connectivity index (χ1v) is 6.30. The first-order chi connectivity index (χ1) is 9.50. The van der Waals surface area contributed by atoms with Crippen molar-refractivity contribution in [3.8, 4) is 11.3 Å². The van der Waals surface area contributed by atoms with Crippen LogP contribution in [0.5, 0.6) is 0 Å². The third-order valence-corrected chi connectivity index (χ3v) is 2.80. The Morgan fingerprint density at radius 1 is 1.30 bits per heavy atom. The lowest BCUT2D eigenvalue weighted by Crippen LogP contribution is -2.48. The first-order valence-electron chi connectivity index (χ1n) is 6.30. The molecule has 0 atom stereocenters. The minimum absolute atomic E-state index is 0.126. The number of aliphatic hydroxyl groups excluding tert-OH is 1. The number of H-pyrrole nitrogens is 1. The molecule has 0 aliphatic carbocycles. The zero-order chi connectivity index (χ0) is 14.6. The number of carbonyl (C=O) groups excluding carboxylic acids is 1. The summed E-state index contributed by atoms with van der Waals surface area (Å²) < 4.78 is 0. The summed E-state index contributed by atoms with van der Waals surface area (Å²) in [6.45, 7) is 3.36. The van der Waals surface area contributed by atoms with Crippen molar-refractivity contribution in [1.82, 2.24) is 15.5 Å². The van der Waals surface area contributed by atoms with E-state index in [2.05, 4.69) is 20.8 Å². The number of aromatic nitrogens is 2. The molecule has 2 rings (SSSR count). The van der Waals surface area contributed by atoms with Crippen LogP contribution in [0.25, 0.3) is 11.3 Å². The van der Waals surface area contributed by atoms with Gasteiger partial charge in [0.15, 0.2) is 0 Å². The molecule has 0 radical (unpaired) electrons. The highest BCUT2D eigenvalue weighted by Crippen LogP contribution is 2.18. The monoisotopic (exact) mass is 274 g/mol. The lowest BCUT2D eigenvalue weighted by atomic mass is 10.1. The Hall–Kier alpha value is -2.34. The second-order valence-corrected chi connectivity index (χ2v) is 5.17. The predicted octanol–water partition coefficient (Wildman–Crippen LogP) is 1.97. The second-order valence-electron chi connectivity index (χ2n) is 5.17. The average molecular weight is 274 g/mol. The fraction of sp³-hybridized carbons (Fsp3) is 0.286. The van der Waals surface area contributed by atoms with E-state index in [1.165, 1.54) is 0 Å². The Labute approximate surface area is 117 Å². The predicted molar refractivity (Wildman–Crippen MR) is 77.3 cm³/mol. The zero-order valence-corrected chi connectivity index (χ0v) is 11.5. The highest BCUT2D eigenvalue weighted by atomic mass is 16.3. The van der Waals surface area contributed by atoms with E-state index in [0.29, 0.717) is 5.69 Å². The van der Waals surface area contributed by atoms with E-state index in [0.717, 1.165) is 11.3 Å². The summed E-state index contributed by atoms with van der Waals surface area (Å²) in [5.41, 5.74) is 1.94. The van der Waals surface area contributed by atoms with Gasteiger partial charge in [-0.25, -0.2) is 4.79 Å². The third-order valence-electron chi connectivity index (χ3n) is 2.80. The van der Waals surface area contributed by atoms with Gasteiger partial charge in [0, 0.05) is 11.9 Å².